The number of hydrogen-bond donors (Lipinski definition) is 1. The molecule has 0 bridgehead atoms. The maximum absolute atomic E-state index is 10.2. The number of primary amides is 1. The lowest BCUT2D eigenvalue weighted by Gasteiger charge is -1.93. The summed E-state index contributed by atoms with van der Waals surface area (Å²) < 4.78 is 0. The van der Waals surface area contributed by atoms with E-state index in [0.717, 1.165) is 12.8 Å². The van der Waals surface area contributed by atoms with E-state index in [9.17, 15) is 4.79 Å². The van der Waals surface area contributed by atoms with Crippen LogP contribution in [0.15, 0.2) is 12.2 Å². The largest absolute Gasteiger partial charge is 0.370 e. The molecule has 1 amide bonds. The molecule has 0 radical (unpaired) electrons. The molecule has 0 saturated heterocycles. The van der Waals surface area contributed by atoms with Crippen LogP contribution >= 0.6 is 0 Å². The highest BCUT2D eigenvalue weighted by molar-refractivity contribution is 5.73. The molecular weight excluding hydrogens is 162 g/mol. The maximum Gasteiger partial charge on any atom is 0.217 e. The molecule has 78 valence electrons. The molecule has 0 heterocycles. The Labute approximate surface area is 82.2 Å². The van der Waals surface area contributed by atoms with Gasteiger partial charge < -0.3 is 5.73 Å². The zero-order valence-corrected chi connectivity index (χ0v) is 9.18. The summed E-state index contributed by atoms with van der Waals surface area (Å²) in [7, 11) is 0. The second-order valence-corrected chi connectivity index (χ2v) is 2.94. The summed E-state index contributed by atoms with van der Waals surface area (Å²) in [5.74, 6) is -0.175. The van der Waals surface area contributed by atoms with Crippen LogP contribution in [0.1, 0.15) is 52.9 Å². The third-order valence-electron chi connectivity index (χ3n) is 1.61. The minimum absolute atomic E-state index is 0.175. The van der Waals surface area contributed by atoms with Crippen molar-refractivity contribution in [3.8, 4) is 0 Å². The predicted octanol–water partition coefficient (Wildman–Crippen LogP) is 3.02. The van der Waals surface area contributed by atoms with Gasteiger partial charge in [-0.15, -0.1) is 0 Å². The molecule has 0 atom stereocenters. The smallest absolute Gasteiger partial charge is 0.217 e. The van der Waals surface area contributed by atoms with Crippen LogP contribution in [-0.4, -0.2) is 5.91 Å². The Morgan fingerprint density at radius 2 is 1.69 bits per heavy atom. The van der Waals surface area contributed by atoms with E-state index in [2.05, 4.69) is 6.92 Å². The number of carbonyl (C=O) groups is 1. The molecule has 0 aliphatic rings. The third-order valence-corrected chi connectivity index (χ3v) is 1.61. The Morgan fingerprint density at radius 1 is 1.15 bits per heavy atom. The summed E-state index contributed by atoms with van der Waals surface area (Å²) in [4.78, 5) is 10.2. The molecule has 0 saturated carbocycles. The molecule has 13 heavy (non-hydrogen) atoms. The number of unbranched alkanes of at least 4 members (excludes halogenated alkanes) is 3. The molecule has 0 rings (SSSR count). The van der Waals surface area contributed by atoms with Gasteiger partial charge in [0, 0.05) is 6.42 Å². The lowest BCUT2D eigenvalue weighted by atomic mass is 10.1. The lowest BCUT2D eigenvalue weighted by Crippen LogP contribution is -2.09. The summed E-state index contributed by atoms with van der Waals surface area (Å²) in [5, 5.41) is 0. The molecule has 2 heteroatoms. The third kappa shape index (κ3) is 24.7. The fourth-order valence-corrected chi connectivity index (χ4v) is 0.726. The van der Waals surface area contributed by atoms with Gasteiger partial charge in [0.15, 0.2) is 0 Å². The number of allylic oxidation sites excluding steroid dienone is 2. The second kappa shape index (κ2) is 13.8. The van der Waals surface area contributed by atoms with Crippen molar-refractivity contribution in [2.24, 2.45) is 5.73 Å². The normalized spacial score (nSPS) is 9.46. The van der Waals surface area contributed by atoms with Gasteiger partial charge in [-0.3, -0.25) is 4.79 Å². The first-order valence-corrected chi connectivity index (χ1v) is 5.04. The van der Waals surface area contributed by atoms with Gasteiger partial charge in [-0.1, -0.05) is 38.3 Å². The highest BCUT2D eigenvalue weighted by atomic mass is 16.1. The second-order valence-electron chi connectivity index (χ2n) is 2.94. The van der Waals surface area contributed by atoms with Crippen LogP contribution in [0.2, 0.25) is 0 Å². The van der Waals surface area contributed by atoms with Crippen LogP contribution in [0.4, 0.5) is 0 Å². The van der Waals surface area contributed by atoms with Crippen LogP contribution in [0.25, 0.3) is 0 Å². The summed E-state index contributed by atoms with van der Waals surface area (Å²) in [6, 6.07) is 0. The van der Waals surface area contributed by atoms with Crippen molar-refractivity contribution in [2.75, 3.05) is 0 Å². The van der Waals surface area contributed by atoms with Crippen LogP contribution in [0, 0.1) is 0 Å². The molecule has 0 aliphatic heterocycles. The lowest BCUT2D eigenvalue weighted by molar-refractivity contribution is -0.118. The van der Waals surface area contributed by atoms with Gasteiger partial charge in [0.2, 0.25) is 5.91 Å². The molecule has 0 unspecified atom stereocenters. The number of hydrogen-bond acceptors (Lipinski definition) is 1. The average molecular weight is 185 g/mol. The van der Waals surface area contributed by atoms with Crippen LogP contribution in [0.5, 0.6) is 0 Å². The van der Waals surface area contributed by atoms with E-state index < -0.39 is 0 Å². The average Bonchev–Trinajstić information content (AvgIpc) is 2.13. The molecule has 0 aromatic rings. The van der Waals surface area contributed by atoms with Crippen LogP contribution in [0.3, 0.4) is 0 Å². The van der Waals surface area contributed by atoms with Gasteiger partial charge in [-0.25, -0.2) is 0 Å². The zero-order chi connectivity index (χ0) is 10.5. The van der Waals surface area contributed by atoms with E-state index in [4.69, 9.17) is 5.73 Å². The summed E-state index contributed by atoms with van der Waals surface area (Å²) in [5.41, 5.74) is 4.94. The predicted molar refractivity (Wildman–Crippen MR) is 58.4 cm³/mol. The Hall–Kier alpha value is -0.790. The first-order chi connectivity index (χ1) is 6.18. The summed E-state index contributed by atoms with van der Waals surface area (Å²) in [6.45, 7) is 6.14. The topological polar surface area (TPSA) is 43.1 Å². The molecule has 2 N–H and O–H groups in total. The van der Waals surface area contributed by atoms with Crippen LogP contribution < -0.4 is 5.73 Å². The van der Waals surface area contributed by atoms with E-state index >= 15 is 0 Å². The number of carbonyl (C=O) groups excluding carboxylic acids is 1. The highest BCUT2D eigenvalue weighted by Crippen LogP contribution is 2.00. The standard InChI is InChI=1S/C7H15NO.C4H8/c1-2-3-4-5-6-7(8)9;1-3-4-2/h2-6H2,1H3,(H2,8,9);3-4H,1-2H3/b;4-3-. The van der Waals surface area contributed by atoms with Gasteiger partial charge in [-0.2, -0.15) is 0 Å². The fraction of sp³-hybridized carbons (Fsp3) is 0.727. The van der Waals surface area contributed by atoms with E-state index in [0.29, 0.717) is 6.42 Å². The number of nitrogens with two attached hydrogens (primary N) is 1. The van der Waals surface area contributed by atoms with E-state index in [1.54, 1.807) is 0 Å². The van der Waals surface area contributed by atoms with Crippen molar-refractivity contribution in [1.29, 1.82) is 0 Å². The molecule has 0 aliphatic carbocycles. The molecule has 0 spiro atoms. The molecule has 0 aromatic carbocycles. The summed E-state index contributed by atoms with van der Waals surface area (Å²) >= 11 is 0. The van der Waals surface area contributed by atoms with Crippen molar-refractivity contribution in [1.82, 2.24) is 0 Å². The van der Waals surface area contributed by atoms with Crippen molar-refractivity contribution in [2.45, 2.75) is 52.9 Å². The Bertz CT molecular complexity index is 126. The van der Waals surface area contributed by atoms with E-state index in [-0.39, 0.29) is 5.91 Å². The first kappa shape index (κ1) is 14.7. The van der Waals surface area contributed by atoms with Crippen molar-refractivity contribution in [3.63, 3.8) is 0 Å². The number of amides is 1. The Balaban J connectivity index is 0. The SMILES string of the molecule is C/C=C\C.CCCCCCC(N)=O. The van der Waals surface area contributed by atoms with Gasteiger partial charge in [0.1, 0.15) is 0 Å². The number of rotatable bonds is 5. The van der Waals surface area contributed by atoms with Gasteiger partial charge in [0.05, 0.1) is 0 Å². The zero-order valence-electron chi connectivity index (χ0n) is 9.18. The Kier molecular flexibility index (Phi) is 15.6. The highest BCUT2D eigenvalue weighted by Gasteiger charge is 1.91. The van der Waals surface area contributed by atoms with E-state index in [1.807, 2.05) is 26.0 Å². The molecule has 0 aromatic heterocycles. The fourth-order valence-electron chi connectivity index (χ4n) is 0.726. The van der Waals surface area contributed by atoms with Crippen LogP contribution in [-0.2, 0) is 4.79 Å². The molecule has 0 fully saturated rings. The monoisotopic (exact) mass is 185 g/mol. The Morgan fingerprint density at radius 3 is 2.00 bits per heavy atom. The van der Waals surface area contributed by atoms with Crippen molar-refractivity contribution < 1.29 is 4.79 Å². The van der Waals surface area contributed by atoms with Gasteiger partial charge >= 0.3 is 0 Å². The van der Waals surface area contributed by atoms with Gasteiger partial charge in [-0.05, 0) is 20.3 Å². The van der Waals surface area contributed by atoms with Gasteiger partial charge in [0.25, 0.3) is 0 Å². The quantitative estimate of drug-likeness (QED) is 0.519. The summed E-state index contributed by atoms with van der Waals surface area (Å²) in [6.07, 6.45) is 9.08. The van der Waals surface area contributed by atoms with Crippen molar-refractivity contribution >= 4 is 5.91 Å². The maximum atomic E-state index is 10.2. The first-order valence-electron chi connectivity index (χ1n) is 5.04. The van der Waals surface area contributed by atoms with Crippen molar-refractivity contribution in [3.05, 3.63) is 12.2 Å². The molecule has 2 nitrogen and oxygen atoms in total. The van der Waals surface area contributed by atoms with E-state index in [1.165, 1.54) is 12.8 Å². The minimum atomic E-state index is -0.175. The molecular formula is C11H23NO. The minimum Gasteiger partial charge on any atom is -0.370 e.